The summed E-state index contributed by atoms with van der Waals surface area (Å²) in [6.45, 7) is 3.04. The Morgan fingerprint density at radius 1 is 1.35 bits per heavy atom. The molecular weight excluding hydrogens is 399 g/mol. The van der Waals surface area contributed by atoms with Crippen LogP contribution in [0.3, 0.4) is 0 Å². The van der Waals surface area contributed by atoms with E-state index in [9.17, 15) is 13.2 Å². The van der Waals surface area contributed by atoms with E-state index in [1.165, 1.54) is 18.2 Å². The summed E-state index contributed by atoms with van der Waals surface area (Å²) in [5, 5.41) is 11.2. The van der Waals surface area contributed by atoms with Crippen molar-refractivity contribution in [1.82, 2.24) is 10.2 Å². The molecule has 1 aliphatic rings. The van der Waals surface area contributed by atoms with Crippen molar-refractivity contribution in [3.05, 3.63) is 23.2 Å². The maximum absolute atomic E-state index is 12.2. The van der Waals surface area contributed by atoms with Gasteiger partial charge in [-0.1, -0.05) is 11.6 Å². The molecule has 148 valence electrons. The average Bonchev–Trinajstić information content (AvgIpc) is 2.55. The monoisotopic (exact) mass is 424 g/mol. The molecule has 0 bridgehead atoms. The Balaban J connectivity index is 0.00000338. The molecule has 0 aliphatic carbocycles. The van der Waals surface area contributed by atoms with Gasteiger partial charge in [0.1, 0.15) is 0 Å². The van der Waals surface area contributed by atoms with Crippen LogP contribution >= 0.6 is 24.0 Å². The second kappa shape index (κ2) is 10.4. The molecule has 1 saturated heterocycles. The van der Waals surface area contributed by atoms with Gasteiger partial charge in [-0.05, 0) is 70.1 Å². The molecule has 26 heavy (non-hydrogen) atoms. The van der Waals surface area contributed by atoms with E-state index in [0.717, 1.165) is 38.9 Å². The van der Waals surface area contributed by atoms with Crippen LogP contribution in [0.1, 0.15) is 19.3 Å². The minimum atomic E-state index is -3.84. The normalized spacial score (nSPS) is 16.1. The lowest BCUT2D eigenvalue weighted by Gasteiger charge is -2.31. The van der Waals surface area contributed by atoms with Crippen LogP contribution in [0.5, 0.6) is 0 Å². The summed E-state index contributed by atoms with van der Waals surface area (Å²) in [5.74, 6) is 0.481. The van der Waals surface area contributed by atoms with E-state index in [1.54, 1.807) is 0 Å². The summed E-state index contributed by atoms with van der Waals surface area (Å²) >= 11 is 6.03. The van der Waals surface area contributed by atoms with Crippen molar-refractivity contribution >= 4 is 45.6 Å². The largest absolute Gasteiger partial charge is 0.324 e. The zero-order chi connectivity index (χ0) is 18.4. The first-order valence-corrected chi connectivity index (χ1v) is 10.2. The van der Waals surface area contributed by atoms with E-state index < -0.39 is 10.0 Å². The molecule has 0 saturated carbocycles. The minimum absolute atomic E-state index is 0. The SMILES string of the molecule is CNCCC1CCN(CC(=O)Nc2cc(S(N)(=O)=O)ccc2Cl)CC1.Cl. The molecule has 1 aliphatic heterocycles. The van der Waals surface area contributed by atoms with Gasteiger partial charge in [0, 0.05) is 0 Å². The molecule has 1 aromatic rings. The Hall–Kier alpha value is -0.900. The van der Waals surface area contributed by atoms with Crippen LogP contribution in [0.25, 0.3) is 0 Å². The third-order valence-corrected chi connectivity index (χ3v) is 5.66. The summed E-state index contributed by atoms with van der Waals surface area (Å²) in [7, 11) is -1.89. The first-order valence-electron chi connectivity index (χ1n) is 8.28. The highest BCUT2D eigenvalue weighted by Crippen LogP contribution is 2.25. The zero-order valence-corrected chi connectivity index (χ0v) is 17.1. The van der Waals surface area contributed by atoms with E-state index in [1.807, 2.05) is 7.05 Å². The number of hydrogen-bond donors (Lipinski definition) is 3. The van der Waals surface area contributed by atoms with Crippen LogP contribution in [0.2, 0.25) is 5.02 Å². The van der Waals surface area contributed by atoms with Gasteiger partial charge in [0.2, 0.25) is 15.9 Å². The number of likely N-dealkylation sites (tertiary alicyclic amines) is 1. The lowest BCUT2D eigenvalue weighted by atomic mass is 9.93. The van der Waals surface area contributed by atoms with Crippen molar-refractivity contribution in [2.24, 2.45) is 11.1 Å². The molecule has 0 atom stereocenters. The summed E-state index contributed by atoms with van der Waals surface area (Å²) in [5.41, 5.74) is 0.252. The van der Waals surface area contributed by atoms with Gasteiger partial charge < -0.3 is 10.6 Å². The maximum atomic E-state index is 12.2. The maximum Gasteiger partial charge on any atom is 0.238 e. The molecule has 0 spiro atoms. The smallest absolute Gasteiger partial charge is 0.238 e. The number of halogens is 2. The van der Waals surface area contributed by atoms with Crippen molar-refractivity contribution in [3.8, 4) is 0 Å². The Kier molecular flexibility index (Phi) is 9.29. The summed E-state index contributed by atoms with van der Waals surface area (Å²) in [4.78, 5) is 14.3. The van der Waals surface area contributed by atoms with E-state index in [-0.39, 0.29) is 40.5 Å². The van der Waals surface area contributed by atoms with Crippen LogP contribution in [0.15, 0.2) is 23.1 Å². The van der Waals surface area contributed by atoms with E-state index in [2.05, 4.69) is 15.5 Å². The number of hydrogen-bond acceptors (Lipinski definition) is 5. The van der Waals surface area contributed by atoms with Crippen LogP contribution in [-0.4, -0.2) is 52.5 Å². The van der Waals surface area contributed by atoms with Gasteiger partial charge in [0.05, 0.1) is 22.2 Å². The highest BCUT2D eigenvalue weighted by Gasteiger charge is 2.21. The lowest BCUT2D eigenvalue weighted by Crippen LogP contribution is -2.39. The molecule has 7 nitrogen and oxygen atoms in total. The lowest BCUT2D eigenvalue weighted by molar-refractivity contribution is -0.117. The Bertz CT molecular complexity index is 707. The highest BCUT2D eigenvalue weighted by atomic mass is 35.5. The molecule has 0 aromatic heterocycles. The van der Waals surface area contributed by atoms with E-state index >= 15 is 0 Å². The molecule has 10 heteroatoms. The molecule has 1 aromatic carbocycles. The number of piperidine rings is 1. The fourth-order valence-corrected chi connectivity index (χ4v) is 3.66. The van der Waals surface area contributed by atoms with Crippen molar-refractivity contribution in [2.75, 3.05) is 38.5 Å². The van der Waals surface area contributed by atoms with Crippen molar-refractivity contribution in [1.29, 1.82) is 0 Å². The fraction of sp³-hybridized carbons (Fsp3) is 0.562. The number of nitrogens with zero attached hydrogens (tertiary/aromatic N) is 1. The zero-order valence-electron chi connectivity index (χ0n) is 14.7. The molecule has 0 unspecified atom stereocenters. The minimum Gasteiger partial charge on any atom is -0.324 e. The highest BCUT2D eigenvalue weighted by molar-refractivity contribution is 7.89. The number of nitrogens with two attached hydrogens (primary N) is 1. The molecule has 4 N–H and O–H groups in total. The number of anilines is 1. The second-order valence-corrected chi connectivity index (χ2v) is 8.32. The summed E-state index contributed by atoms with van der Waals surface area (Å²) in [6, 6.07) is 3.99. The van der Waals surface area contributed by atoms with Crippen molar-refractivity contribution in [3.63, 3.8) is 0 Å². The van der Waals surface area contributed by atoms with Crippen LogP contribution in [-0.2, 0) is 14.8 Å². The van der Waals surface area contributed by atoms with Gasteiger partial charge in [-0.3, -0.25) is 9.69 Å². The molecule has 0 radical (unpaired) electrons. The number of primary sulfonamides is 1. The fourth-order valence-electron chi connectivity index (χ4n) is 2.95. The third-order valence-electron chi connectivity index (χ3n) is 4.42. The number of carbonyl (C=O) groups is 1. The quantitative estimate of drug-likeness (QED) is 0.617. The first kappa shape index (κ1) is 23.1. The topological polar surface area (TPSA) is 105 Å². The standard InChI is InChI=1S/C16H25ClN4O3S.ClH/c1-19-7-4-12-5-8-21(9-6-12)11-16(22)20-15-10-13(25(18,23)24)2-3-14(15)17;/h2-3,10,12,19H,4-9,11H2,1H3,(H,20,22)(H2,18,23,24);1H. The van der Waals surface area contributed by atoms with Crippen LogP contribution in [0, 0.1) is 5.92 Å². The Morgan fingerprint density at radius 3 is 2.58 bits per heavy atom. The van der Waals surface area contributed by atoms with Gasteiger partial charge >= 0.3 is 0 Å². The molecule has 1 heterocycles. The van der Waals surface area contributed by atoms with Crippen LogP contribution in [0.4, 0.5) is 5.69 Å². The van der Waals surface area contributed by atoms with Gasteiger partial charge in [0.15, 0.2) is 0 Å². The average molecular weight is 425 g/mol. The van der Waals surface area contributed by atoms with Gasteiger partial charge in [-0.15, -0.1) is 12.4 Å². The van der Waals surface area contributed by atoms with Gasteiger partial charge in [0.25, 0.3) is 0 Å². The third kappa shape index (κ3) is 7.02. The number of benzene rings is 1. The molecule has 1 fully saturated rings. The molecule has 2 rings (SSSR count). The van der Waals surface area contributed by atoms with E-state index in [0.29, 0.717) is 5.92 Å². The number of rotatable bonds is 7. The van der Waals surface area contributed by atoms with Gasteiger partial charge in [-0.25, -0.2) is 13.6 Å². The number of nitrogens with one attached hydrogen (secondary N) is 2. The number of sulfonamides is 1. The number of amides is 1. The van der Waals surface area contributed by atoms with Crippen molar-refractivity contribution < 1.29 is 13.2 Å². The van der Waals surface area contributed by atoms with Crippen molar-refractivity contribution in [2.45, 2.75) is 24.2 Å². The van der Waals surface area contributed by atoms with Gasteiger partial charge in [-0.2, -0.15) is 0 Å². The summed E-state index contributed by atoms with van der Waals surface area (Å²) < 4.78 is 22.8. The van der Waals surface area contributed by atoms with E-state index in [4.69, 9.17) is 16.7 Å². The Labute approximate surface area is 166 Å². The number of carbonyl (C=O) groups excluding carboxylic acids is 1. The predicted molar refractivity (Wildman–Crippen MR) is 106 cm³/mol. The molecule has 1 amide bonds. The van der Waals surface area contributed by atoms with Crippen LogP contribution < -0.4 is 15.8 Å². The molecular formula is C16H26Cl2N4O3S. The predicted octanol–water partition coefficient (Wildman–Crippen LogP) is 1.67. The second-order valence-electron chi connectivity index (χ2n) is 6.35. The first-order chi connectivity index (χ1) is 11.8. The summed E-state index contributed by atoms with van der Waals surface area (Å²) in [6.07, 6.45) is 3.32. The Morgan fingerprint density at radius 2 is 2.00 bits per heavy atom.